The molecule has 0 heterocycles. The Morgan fingerprint density at radius 2 is 0.561 bits per heavy atom. The van der Waals surface area contributed by atoms with Crippen LogP contribution in [0.15, 0.2) is 24.3 Å². The molecular formula is C50H98O7. The van der Waals surface area contributed by atoms with Gasteiger partial charge in [-0.2, -0.15) is 0 Å². The summed E-state index contributed by atoms with van der Waals surface area (Å²) in [5, 5.41) is 0. The maximum Gasteiger partial charge on any atom is 0.180 e. The molecular weight excluding hydrogens is 713 g/mol. The maximum absolute atomic E-state index is 6.40. The van der Waals surface area contributed by atoms with Gasteiger partial charge in [0.1, 0.15) is 0 Å². The van der Waals surface area contributed by atoms with Crippen LogP contribution in [0.1, 0.15) is 234 Å². The van der Waals surface area contributed by atoms with E-state index in [1.54, 1.807) is 0 Å². The summed E-state index contributed by atoms with van der Waals surface area (Å²) in [7, 11) is 0. The highest BCUT2D eigenvalue weighted by Gasteiger charge is 2.14. The van der Waals surface area contributed by atoms with E-state index < -0.39 is 0 Å². The summed E-state index contributed by atoms with van der Waals surface area (Å²) < 4.78 is 42.8. The molecule has 0 bridgehead atoms. The van der Waals surface area contributed by atoms with Crippen molar-refractivity contribution in [2.24, 2.45) is 0 Å². The third-order valence-electron chi connectivity index (χ3n) is 10.2. The number of rotatable bonds is 48. The fourth-order valence-corrected chi connectivity index (χ4v) is 6.30. The van der Waals surface area contributed by atoms with Gasteiger partial charge in [-0.05, 0) is 102 Å². The van der Waals surface area contributed by atoms with Crippen molar-refractivity contribution in [3.8, 4) is 0 Å². The van der Waals surface area contributed by atoms with E-state index in [4.69, 9.17) is 33.2 Å². The Hall–Kier alpha value is -0.800. The molecule has 0 saturated carbocycles. The van der Waals surface area contributed by atoms with Crippen LogP contribution < -0.4 is 0 Å². The van der Waals surface area contributed by atoms with Crippen molar-refractivity contribution >= 4 is 0 Å². The Balaban J connectivity index is 4.46. The predicted octanol–water partition coefficient (Wildman–Crippen LogP) is 15.3. The fourth-order valence-electron chi connectivity index (χ4n) is 6.30. The summed E-state index contributed by atoms with van der Waals surface area (Å²) in [6, 6.07) is 0. The Bertz CT molecular complexity index is 722. The molecule has 0 amide bonds. The van der Waals surface area contributed by atoms with Crippen molar-refractivity contribution in [1.29, 1.82) is 0 Å². The zero-order chi connectivity index (χ0) is 41.5. The summed E-state index contributed by atoms with van der Waals surface area (Å²) in [5.41, 5.74) is 0. The lowest BCUT2D eigenvalue weighted by Crippen LogP contribution is -2.25. The van der Waals surface area contributed by atoms with Crippen LogP contribution in [0, 0.1) is 0 Å². The first kappa shape index (κ1) is 56.2. The number of hydrogen-bond acceptors (Lipinski definition) is 7. The van der Waals surface area contributed by atoms with Crippen LogP contribution in [0.3, 0.4) is 0 Å². The highest BCUT2D eigenvalue weighted by atomic mass is 16.8. The molecule has 0 N–H and O–H groups in total. The van der Waals surface area contributed by atoms with Gasteiger partial charge in [0.15, 0.2) is 25.2 Å². The molecule has 0 rings (SSSR count). The van der Waals surface area contributed by atoms with Crippen molar-refractivity contribution < 1.29 is 33.2 Å². The van der Waals surface area contributed by atoms with Gasteiger partial charge in [-0.1, -0.05) is 156 Å². The summed E-state index contributed by atoms with van der Waals surface area (Å²) in [6.45, 7) is 17.9. The van der Waals surface area contributed by atoms with Crippen LogP contribution in [0.4, 0.5) is 0 Å². The first-order valence-electron chi connectivity index (χ1n) is 24.8. The van der Waals surface area contributed by atoms with Gasteiger partial charge in [-0.3, -0.25) is 0 Å². The molecule has 0 aromatic rings. The zero-order valence-electron chi connectivity index (χ0n) is 38.9. The minimum atomic E-state index is -0.380. The second kappa shape index (κ2) is 47.9. The van der Waals surface area contributed by atoms with E-state index in [2.05, 4.69) is 65.8 Å². The minimum Gasteiger partial charge on any atom is -0.353 e. The average molecular weight is 811 g/mol. The standard InChI is InChI=1S/C50H98O7/c1-7-13-41-51-47(52-42-14-8-2)37-33-29-25-21-19-23-27-31-35-39-49(55-45-17-11-5)57-50(56-46-18-12-6)40-36-32-28-24-20-22-26-30-34-38-48(53-43-15-9-3)54-44-16-10-4/h35-36,39-40,47-50H,7-34,37-38,41-46H2,1-6H3. The average Bonchev–Trinajstić information content (AvgIpc) is 3.21. The molecule has 2 atom stereocenters. The van der Waals surface area contributed by atoms with E-state index in [1.165, 1.54) is 116 Å². The molecule has 7 heteroatoms. The lowest BCUT2D eigenvalue weighted by atomic mass is 10.1. The molecule has 0 aliphatic heterocycles. The quantitative estimate of drug-likeness (QED) is 0.0344. The second-order valence-electron chi connectivity index (χ2n) is 16.0. The van der Waals surface area contributed by atoms with E-state index in [1.807, 2.05) is 0 Å². The van der Waals surface area contributed by atoms with Gasteiger partial charge in [0.05, 0.1) is 13.2 Å². The number of unbranched alkanes of at least 4 members (excludes halogenated alkanes) is 20. The van der Waals surface area contributed by atoms with E-state index in [0.717, 1.165) is 103 Å². The largest absolute Gasteiger partial charge is 0.353 e. The molecule has 57 heavy (non-hydrogen) atoms. The van der Waals surface area contributed by atoms with E-state index in [-0.39, 0.29) is 25.2 Å². The molecule has 0 fully saturated rings. The Labute approximate surface area is 355 Å². The minimum absolute atomic E-state index is 0.0139. The molecule has 0 spiro atoms. The topological polar surface area (TPSA) is 64.6 Å². The van der Waals surface area contributed by atoms with E-state index in [0.29, 0.717) is 13.2 Å². The first-order valence-corrected chi connectivity index (χ1v) is 24.8. The number of ether oxygens (including phenoxy) is 7. The Morgan fingerprint density at radius 3 is 0.860 bits per heavy atom. The Kier molecular flexibility index (Phi) is 47.2. The monoisotopic (exact) mass is 811 g/mol. The van der Waals surface area contributed by atoms with E-state index >= 15 is 0 Å². The molecule has 340 valence electrons. The van der Waals surface area contributed by atoms with Crippen LogP contribution in [0.5, 0.6) is 0 Å². The summed E-state index contributed by atoms with van der Waals surface area (Å²) in [5.74, 6) is 0. The molecule has 7 nitrogen and oxygen atoms in total. The molecule has 2 unspecified atom stereocenters. The third-order valence-corrected chi connectivity index (χ3v) is 10.2. The number of hydrogen-bond donors (Lipinski definition) is 0. The summed E-state index contributed by atoms with van der Waals surface area (Å²) >= 11 is 0. The second-order valence-corrected chi connectivity index (χ2v) is 16.0. The van der Waals surface area contributed by atoms with Crippen molar-refractivity contribution in [3.05, 3.63) is 24.3 Å². The first-order chi connectivity index (χ1) is 28.1. The van der Waals surface area contributed by atoms with Gasteiger partial charge in [0.2, 0.25) is 0 Å². The molecule has 0 aromatic heterocycles. The normalized spacial score (nSPS) is 13.3. The Morgan fingerprint density at radius 1 is 0.298 bits per heavy atom. The van der Waals surface area contributed by atoms with Crippen molar-refractivity contribution in [1.82, 2.24) is 0 Å². The molecule has 0 aromatic carbocycles. The predicted molar refractivity (Wildman–Crippen MR) is 243 cm³/mol. The van der Waals surface area contributed by atoms with Crippen LogP contribution >= 0.6 is 0 Å². The van der Waals surface area contributed by atoms with Gasteiger partial charge >= 0.3 is 0 Å². The smallest absolute Gasteiger partial charge is 0.180 e. The maximum atomic E-state index is 6.40. The SMILES string of the molecule is CCCCOC(C=CCCCCCCCCCC(OCCCC)OCCCC)OC(C=CCCCCCCCCCC(OCCCC)OCCCC)OCCCC. The van der Waals surface area contributed by atoms with Crippen molar-refractivity contribution in [2.45, 2.75) is 259 Å². The lowest BCUT2D eigenvalue weighted by Gasteiger charge is -2.21. The van der Waals surface area contributed by atoms with Crippen LogP contribution in [-0.4, -0.2) is 64.8 Å². The lowest BCUT2D eigenvalue weighted by molar-refractivity contribution is -0.208. The van der Waals surface area contributed by atoms with Crippen molar-refractivity contribution in [2.75, 3.05) is 39.6 Å². The fraction of sp³-hybridized carbons (Fsp3) is 0.920. The molecule has 0 saturated heterocycles. The van der Waals surface area contributed by atoms with Gasteiger partial charge in [0, 0.05) is 26.4 Å². The molecule has 0 aliphatic rings. The molecule has 0 aliphatic carbocycles. The van der Waals surface area contributed by atoms with Gasteiger partial charge in [-0.15, -0.1) is 0 Å². The highest BCUT2D eigenvalue weighted by Crippen LogP contribution is 2.17. The summed E-state index contributed by atoms with van der Waals surface area (Å²) in [6.07, 6.45) is 43.2. The van der Waals surface area contributed by atoms with Crippen LogP contribution in [0.25, 0.3) is 0 Å². The van der Waals surface area contributed by atoms with Crippen LogP contribution in [0.2, 0.25) is 0 Å². The van der Waals surface area contributed by atoms with Crippen molar-refractivity contribution in [3.63, 3.8) is 0 Å². The summed E-state index contributed by atoms with van der Waals surface area (Å²) in [4.78, 5) is 0. The third kappa shape index (κ3) is 41.7. The zero-order valence-corrected chi connectivity index (χ0v) is 38.9. The highest BCUT2D eigenvalue weighted by molar-refractivity contribution is 4.89. The molecule has 0 radical (unpaired) electrons. The van der Waals surface area contributed by atoms with Gasteiger partial charge < -0.3 is 33.2 Å². The number of allylic oxidation sites excluding steroid dienone is 2. The van der Waals surface area contributed by atoms with E-state index in [9.17, 15) is 0 Å². The van der Waals surface area contributed by atoms with Gasteiger partial charge in [0.25, 0.3) is 0 Å². The van der Waals surface area contributed by atoms with Crippen LogP contribution in [-0.2, 0) is 33.2 Å². The van der Waals surface area contributed by atoms with Gasteiger partial charge in [-0.25, -0.2) is 0 Å².